The molecule has 0 aromatic rings. The Hall–Kier alpha value is -3.96. The molecular formula is C81H138O5. The monoisotopic (exact) mass is 1190 g/mol. The van der Waals surface area contributed by atoms with Gasteiger partial charge in [-0.05, 0) is 116 Å². The zero-order valence-electron chi connectivity index (χ0n) is 56.5. The van der Waals surface area contributed by atoms with Crippen molar-refractivity contribution in [3.05, 3.63) is 134 Å². The van der Waals surface area contributed by atoms with E-state index in [0.29, 0.717) is 12.8 Å². The molecule has 0 rings (SSSR count). The van der Waals surface area contributed by atoms with E-state index < -0.39 is 6.10 Å². The average Bonchev–Trinajstić information content (AvgIpc) is 3.55. The van der Waals surface area contributed by atoms with E-state index >= 15 is 0 Å². The van der Waals surface area contributed by atoms with Gasteiger partial charge in [-0.2, -0.15) is 0 Å². The van der Waals surface area contributed by atoms with Crippen LogP contribution >= 0.6 is 0 Å². The number of aliphatic hydroxyl groups is 1. The summed E-state index contributed by atoms with van der Waals surface area (Å²) < 4.78 is 10.8. The molecule has 0 aliphatic heterocycles. The van der Waals surface area contributed by atoms with Gasteiger partial charge in [0.1, 0.15) is 6.61 Å². The molecule has 1 atom stereocenters. The summed E-state index contributed by atoms with van der Waals surface area (Å²) in [4.78, 5) is 24.7. The van der Waals surface area contributed by atoms with Crippen molar-refractivity contribution in [1.82, 2.24) is 0 Å². The fourth-order valence-corrected chi connectivity index (χ4v) is 10.5. The quantitative estimate of drug-likeness (QED) is 0.0373. The van der Waals surface area contributed by atoms with Crippen LogP contribution in [-0.2, 0) is 19.1 Å². The zero-order valence-corrected chi connectivity index (χ0v) is 56.5. The SMILES string of the molecule is CC/C=C\C/C=C\C/C=C\C/C=C\C/C=C\C/C=C\C/C=C\C/C=C\C/C=C\CCCCCCCCCC(=O)OC(CO)COC(=O)CCCCCCCCCCCCCCCCCCCCCCCCCCC/C=C\C/C=C\CCCCCCC. The molecule has 0 saturated heterocycles. The molecule has 0 aromatic carbocycles. The second kappa shape index (κ2) is 75.3. The second-order valence-electron chi connectivity index (χ2n) is 24.3. The van der Waals surface area contributed by atoms with Gasteiger partial charge in [-0.25, -0.2) is 0 Å². The number of ether oxygens (including phenoxy) is 2. The molecule has 5 nitrogen and oxygen atoms in total. The van der Waals surface area contributed by atoms with E-state index in [-0.39, 0.29) is 25.2 Å². The molecule has 1 unspecified atom stereocenters. The van der Waals surface area contributed by atoms with Crippen molar-refractivity contribution in [2.75, 3.05) is 13.2 Å². The van der Waals surface area contributed by atoms with E-state index in [2.05, 4.69) is 148 Å². The van der Waals surface area contributed by atoms with Gasteiger partial charge in [-0.3, -0.25) is 9.59 Å². The molecule has 0 fully saturated rings. The highest BCUT2D eigenvalue weighted by Gasteiger charge is 2.16. The van der Waals surface area contributed by atoms with Crippen molar-refractivity contribution in [2.45, 2.75) is 354 Å². The molecule has 0 aliphatic rings. The first kappa shape index (κ1) is 82.0. The summed E-state index contributed by atoms with van der Waals surface area (Å²) in [6.45, 7) is 4.03. The number of rotatable bonds is 67. The first-order valence-corrected chi connectivity index (χ1v) is 36.7. The van der Waals surface area contributed by atoms with Crippen LogP contribution in [0.5, 0.6) is 0 Å². The lowest BCUT2D eigenvalue weighted by molar-refractivity contribution is -0.161. The smallest absolute Gasteiger partial charge is 0.306 e. The summed E-state index contributed by atoms with van der Waals surface area (Å²) in [5.74, 6) is -0.597. The van der Waals surface area contributed by atoms with Crippen molar-refractivity contribution < 1.29 is 24.2 Å². The molecule has 5 heteroatoms. The maximum Gasteiger partial charge on any atom is 0.306 e. The third-order valence-corrected chi connectivity index (χ3v) is 15.9. The molecule has 0 saturated carbocycles. The van der Waals surface area contributed by atoms with Gasteiger partial charge in [0, 0.05) is 12.8 Å². The molecule has 0 bridgehead atoms. The van der Waals surface area contributed by atoms with Crippen molar-refractivity contribution in [1.29, 1.82) is 0 Å². The van der Waals surface area contributed by atoms with Crippen molar-refractivity contribution in [3.8, 4) is 0 Å². The second-order valence-corrected chi connectivity index (χ2v) is 24.3. The lowest BCUT2D eigenvalue weighted by Gasteiger charge is -2.15. The van der Waals surface area contributed by atoms with Crippen molar-refractivity contribution >= 4 is 11.9 Å². The minimum Gasteiger partial charge on any atom is -0.462 e. The van der Waals surface area contributed by atoms with Gasteiger partial charge in [0.25, 0.3) is 0 Å². The summed E-state index contributed by atoms with van der Waals surface area (Å²) in [6.07, 6.45) is 112. The fourth-order valence-electron chi connectivity index (χ4n) is 10.5. The number of unbranched alkanes of at least 4 members (excludes halogenated alkanes) is 37. The van der Waals surface area contributed by atoms with Crippen LogP contribution < -0.4 is 0 Å². The first-order chi connectivity index (χ1) is 42.6. The molecule has 0 aliphatic carbocycles. The van der Waals surface area contributed by atoms with Gasteiger partial charge in [0.15, 0.2) is 6.10 Å². The molecule has 0 aromatic heterocycles. The van der Waals surface area contributed by atoms with Crippen LogP contribution in [0.1, 0.15) is 348 Å². The molecule has 0 radical (unpaired) electrons. The van der Waals surface area contributed by atoms with Gasteiger partial charge in [-0.1, -0.05) is 353 Å². The Morgan fingerprint density at radius 1 is 0.279 bits per heavy atom. The van der Waals surface area contributed by atoms with Gasteiger partial charge in [0.05, 0.1) is 6.61 Å². The van der Waals surface area contributed by atoms with Gasteiger partial charge in [0.2, 0.25) is 0 Å². The number of hydrogen-bond acceptors (Lipinski definition) is 5. The van der Waals surface area contributed by atoms with Crippen LogP contribution in [0, 0.1) is 0 Å². The summed E-state index contributed by atoms with van der Waals surface area (Å²) >= 11 is 0. The summed E-state index contributed by atoms with van der Waals surface area (Å²) in [5.41, 5.74) is 0. The number of carbonyl (C=O) groups is 2. The standard InChI is InChI=1S/C81H138O5/c1-3-5-7-9-11-13-15-17-19-21-23-25-27-29-31-33-35-37-39-40-42-43-45-47-49-51-53-55-57-59-61-63-65-67-69-71-73-75-80(83)85-78-79(77-82)86-81(84)76-74-72-70-68-66-64-62-60-58-56-54-52-50-48-46-44-41-38-36-34-32-30-28-26-24-22-20-18-16-14-12-10-8-6-4-2/h6,8,12,14-15,17-18,20-21,23-24,26,30,32,36,38,44,46,50,52,56,58,79,82H,3-5,7,9-11,13,16,19,22,25,27-29,31,33-35,37,39-43,45,47-49,51,53-55,57,59-78H2,1-2H3/b8-6-,14-12-,17-15-,20-18-,23-21-,26-24-,32-30-,38-36-,46-44-,52-50-,58-56-. The van der Waals surface area contributed by atoms with Crippen molar-refractivity contribution in [3.63, 3.8) is 0 Å². The molecule has 1 N–H and O–H groups in total. The maximum absolute atomic E-state index is 12.4. The lowest BCUT2D eigenvalue weighted by Crippen LogP contribution is -2.28. The first-order valence-electron chi connectivity index (χ1n) is 36.7. The molecule has 0 amide bonds. The highest BCUT2D eigenvalue weighted by atomic mass is 16.6. The lowest BCUT2D eigenvalue weighted by atomic mass is 10.0. The highest BCUT2D eigenvalue weighted by molar-refractivity contribution is 5.70. The number of aliphatic hydroxyl groups excluding tert-OH is 1. The van der Waals surface area contributed by atoms with Gasteiger partial charge in [-0.15, -0.1) is 0 Å². The van der Waals surface area contributed by atoms with E-state index in [1.54, 1.807) is 0 Å². The van der Waals surface area contributed by atoms with E-state index in [4.69, 9.17) is 9.47 Å². The van der Waals surface area contributed by atoms with E-state index in [0.717, 1.165) is 109 Å². The Bertz CT molecular complexity index is 1730. The maximum atomic E-state index is 12.4. The minimum absolute atomic E-state index is 0.0742. The number of allylic oxidation sites excluding steroid dienone is 22. The highest BCUT2D eigenvalue weighted by Crippen LogP contribution is 2.18. The van der Waals surface area contributed by atoms with Gasteiger partial charge < -0.3 is 14.6 Å². The normalized spacial score (nSPS) is 13.0. The fraction of sp³-hybridized carbons (Fsp3) is 0.704. The third-order valence-electron chi connectivity index (χ3n) is 15.9. The number of esters is 2. The van der Waals surface area contributed by atoms with Crippen LogP contribution in [0.3, 0.4) is 0 Å². The van der Waals surface area contributed by atoms with E-state index in [1.165, 1.54) is 212 Å². The number of hydrogen-bond donors (Lipinski definition) is 1. The molecule has 86 heavy (non-hydrogen) atoms. The predicted octanol–water partition coefficient (Wildman–Crippen LogP) is 25.9. The van der Waals surface area contributed by atoms with Crippen LogP contribution in [0.15, 0.2) is 134 Å². The zero-order chi connectivity index (χ0) is 61.9. The Labute approximate surface area is 534 Å². The summed E-state index contributed by atoms with van der Waals surface area (Å²) in [6, 6.07) is 0. The van der Waals surface area contributed by atoms with Crippen LogP contribution in [-0.4, -0.2) is 36.4 Å². The van der Waals surface area contributed by atoms with E-state index in [9.17, 15) is 14.7 Å². The minimum atomic E-state index is -0.787. The predicted molar refractivity (Wildman–Crippen MR) is 380 cm³/mol. The van der Waals surface area contributed by atoms with Gasteiger partial charge >= 0.3 is 11.9 Å². The number of carbonyl (C=O) groups excluding carboxylic acids is 2. The Balaban J connectivity index is 3.49. The largest absolute Gasteiger partial charge is 0.462 e. The van der Waals surface area contributed by atoms with Crippen LogP contribution in [0.2, 0.25) is 0 Å². The Morgan fingerprint density at radius 2 is 0.500 bits per heavy atom. The Morgan fingerprint density at radius 3 is 0.756 bits per heavy atom. The molecule has 492 valence electrons. The average molecular weight is 1190 g/mol. The molecule has 0 heterocycles. The van der Waals surface area contributed by atoms with Crippen molar-refractivity contribution in [2.24, 2.45) is 0 Å². The molecule has 0 spiro atoms. The molecular weight excluding hydrogens is 1050 g/mol. The van der Waals surface area contributed by atoms with Crippen LogP contribution in [0.4, 0.5) is 0 Å². The van der Waals surface area contributed by atoms with E-state index in [1.807, 2.05) is 0 Å². The topological polar surface area (TPSA) is 72.8 Å². The summed E-state index contributed by atoms with van der Waals surface area (Å²) in [5, 5.41) is 9.71. The third kappa shape index (κ3) is 72.5. The van der Waals surface area contributed by atoms with Crippen LogP contribution in [0.25, 0.3) is 0 Å². The Kier molecular flexibility index (Phi) is 71.8. The summed E-state index contributed by atoms with van der Waals surface area (Å²) in [7, 11) is 0.